The zero-order valence-electron chi connectivity index (χ0n) is 19.6. The first-order chi connectivity index (χ1) is 16.6. The Kier molecular flexibility index (Phi) is 7.83. The molecule has 6 nitrogen and oxygen atoms in total. The van der Waals surface area contributed by atoms with Crippen LogP contribution in [0.1, 0.15) is 41.6 Å². The van der Waals surface area contributed by atoms with Crippen LogP contribution in [-0.2, 0) is 0 Å². The van der Waals surface area contributed by atoms with Gasteiger partial charge < -0.3 is 15.4 Å². The first-order valence-electron chi connectivity index (χ1n) is 11.8. The Morgan fingerprint density at radius 3 is 2.43 bits per heavy atom. The molecule has 0 aliphatic heterocycles. The highest BCUT2D eigenvalue weighted by Crippen LogP contribution is 2.26. The van der Waals surface area contributed by atoms with E-state index in [2.05, 4.69) is 27.8 Å². The molecule has 2 aromatic heterocycles. The summed E-state index contributed by atoms with van der Waals surface area (Å²) in [7, 11) is 0. The second-order valence-electron chi connectivity index (χ2n) is 8.83. The molecule has 1 aliphatic carbocycles. The van der Waals surface area contributed by atoms with Crippen molar-refractivity contribution < 1.29 is 9.53 Å². The number of aryl methyl sites for hydroxylation is 1. The number of rotatable bonds is 6. The third-order valence-corrected chi connectivity index (χ3v) is 6.26. The van der Waals surface area contributed by atoms with Crippen molar-refractivity contribution in [1.82, 2.24) is 15.3 Å². The minimum absolute atomic E-state index is 0. The molecule has 5 rings (SSSR count). The number of carbonyl (C=O) groups excluding carboxylic acids is 1. The lowest BCUT2D eigenvalue weighted by Gasteiger charge is -2.30. The molecule has 2 aromatic carbocycles. The number of ether oxygens (including phenoxy) is 1. The van der Waals surface area contributed by atoms with Crippen LogP contribution in [0.2, 0.25) is 0 Å². The van der Waals surface area contributed by atoms with Crippen molar-refractivity contribution in [3.05, 3.63) is 90.1 Å². The van der Waals surface area contributed by atoms with Gasteiger partial charge in [0.2, 0.25) is 5.88 Å². The minimum Gasteiger partial charge on any atom is -0.438 e. The highest BCUT2D eigenvalue weighted by molar-refractivity contribution is 5.96. The Morgan fingerprint density at radius 1 is 0.886 bits per heavy atom. The molecule has 35 heavy (non-hydrogen) atoms. The van der Waals surface area contributed by atoms with E-state index in [-0.39, 0.29) is 24.4 Å². The van der Waals surface area contributed by atoms with Gasteiger partial charge in [0.15, 0.2) is 0 Å². The number of hydrogen-bond donors (Lipinski definition) is 2. The van der Waals surface area contributed by atoms with Crippen LogP contribution in [0.4, 0.5) is 5.82 Å². The molecule has 1 fully saturated rings. The second-order valence-corrected chi connectivity index (χ2v) is 8.83. The molecule has 1 saturated carbocycles. The number of benzene rings is 2. The van der Waals surface area contributed by atoms with E-state index in [1.807, 2.05) is 55.5 Å². The molecule has 1 amide bonds. The van der Waals surface area contributed by atoms with Crippen LogP contribution < -0.4 is 15.4 Å². The smallest absolute Gasteiger partial charge is 0.257 e. The van der Waals surface area contributed by atoms with E-state index in [9.17, 15) is 4.79 Å². The first-order valence-corrected chi connectivity index (χ1v) is 11.8. The molecule has 180 valence electrons. The van der Waals surface area contributed by atoms with Gasteiger partial charge in [-0.15, -0.1) is 12.4 Å². The number of aromatic nitrogens is 2. The Morgan fingerprint density at radius 2 is 1.63 bits per heavy atom. The molecule has 0 radical (unpaired) electrons. The van der Waals surface area contributed by atoms with E-state index >= 15 is 0 Å². The molecular formula is C28H29ClN4O2. The molecular weight excluding hydrogens is 460 g/mol. The quantitative estimate of drug-likeness (QED) is 0.333. The van der Waals surface area contributed by atoms with Crippen LogP contribution in [0.3, 0.4) is 0 Å². The number of fused-ring (bicyclic) bond motifs is 1. The third-order valence-electron chi connectivity index (χ3n) is 6.26. The number of nitrogens with one attached hydrogen (secondary N) is 2. The molecule has 0 spiro atoms. The average molecular weight is 489 g/mol. The second kappa shape index (κ2) is 11.2. The number of amides is 1. The largest absolute Gasteiger partial charge is 0.438 e. The van der Waals surface area contributed by atoms with Crippen molar-refractivity contribution in [1.29, 1.82) is 0 Å². The standard InChI is InChI=1S/C28H28N4O2.ClH/c1-19-8-15-23(16-9-19)34-28-24(6-4-18-29-28)27(33)31-22-13-11-21(12-14-22)30-26-17-10-20-5-2-3-7-25(20)32-26;/h2-10,15-18,21-22H,11-14H2,1H3,(H,30,32)(H,31,33);1H/t21-,22+;. The zero-order chi connectivity index (χ0) is 23.3. The molecule has 0 saturated heterocycles. The van der Waals surface area contributed by atoms with E-state index < -0.39 is 0 Å². The van der Waals surface area contributed by atoms with Gasteiger partial charge in [-0.25, -0.2) is 9.97 Å². The van der Waals surface area contributed by atoms with Gasteiger partial charge in [0.05, 0.1) is 5.52 Å². The minimum atomic E-state index is -0.150. The van der Waals surface area contributed by atoms with Crippen LogP contribution in [0.15, 0.2) is 79.0 Å². The number of hydrogen-bond acceptors (Lipinski definition) is 5. The van der Waals surface area contributed by atoms with Crippen LogP contribution >= 0.6 is 12.4 Å². The molecule has 0 atom stereocenters. The number of carbonyl (C=O) groups is 1. The fourth-order valence-electron chi connectivity index (χ4n) is 4.36. The van der Waals surface area contributed by atoms with Crippen LogP contribution in [0.5, 0.6) is 11.6 Å². The van der Waals surface area contributed by atoms with Gasteiger partial charge in [-0.05, 0) is 75.1 Å². The Bertz CT molecular complexity index is 1290. The summed E-state index contributed by atoms with van der Waals surface area (Å²) in [5.74, 6) is 1.73. The van der Waals surface area contributed by atoms with Gasteiger partial charge in [-0.1, -0.05) is 35.9 Å². The van der Waals surface area contributed by atoms with Gasteiger partial charge in [0.25, 0.3) is 5.91 Å². The summed E-state index contributed by atoms with van der Waals surface area (Å²) in [4.78, 5) is 22.0. The predicted octanol–water partition coefficient (Wildman–Crippen LogP) is 6.31. The van der Waals surface area contributed by atoms with Crippen LogP contribution in [-0.4, -0.2) is 28.0 Å². The number of anilines is 1. The van der Waals surface area contributed by atoms with Crippen molar-refractivity contribution in [3.8, 4) is 11.6 Å². The van der Waals surface area contributed by atoms with Crippen LogP contribution in [0, 0.1) is 6.92 Å². The molecule has 7 heteroatoms. The number of halogens is 1. The lowest BCUT2D eigenvalue weighted by atomic mass is 9.91. The summed E-state index contributed by atoms with van der Waals surface area (Å²) in [5, 5.41) is 7.88. The third kappa shape index (κ3) is 6.08. The maximum Gasteiger partial charge on any atom is 0.257 e. The fraction of sp³-hybridized carbons (Fsp3) is 0.250. The first kappa shape index (κ1) is 24.5. The summed E-state index contributed by atoms with van der Waals surface area (Å²) in [5.41, 5.74) is 2.59. The molecule has 4 aromatic rings. The van der Waals surface area contributed by atoms with Gasteiger partial charge >= 0.3 is 0 Å². The number of para-hydroxylation sites is 1. The molecule has 1 aliphatic rings. The Hall–Kier alpha value is -3.64. The van der Waals surface area contributed by atoms with Gasteiger partial charge in [-0.2, -0.15) is 0 Å². The molecule has 0 unspecified atom stereocenters. The zero-order valence-corrected chi connectivity index (χ0v) is 20.4. The predicted molar refractivity (Wildman–Crippen MR) is 142 cm³/mol. The van der Waals surface area contributed by atoms with Gasteiger partial charge in [0, 0.05) is 23.7 Å². The fourth-order valence-corrected chi connectivity index (χ4v) is 4.36. The van der Waals surface area contributed by atoms with Crippen molar-refractivity contribution in [2.75, 3.05) is 5.32 Å². The normalized spacial score (nSPS) is 17.3. The summed E-state index contributed by atoms with van der Waals surface area (Å²) >= 11 is 0. The summed E-state index contributed by atoms with van der Waals surface area (Å²) in [6, 6.07) is 23.9. The number of pyridine rings is 2. The number of nitrogens with zero attached hydrogens (tertiary/aromatic N) is 2. The lowest BCUT2D eigenvalue weighted by molar-refractivity contribution is 0.0923. The highest BCUT2D eigenvalue weighted by Gasteiger charge is 2.24. The van der Waals surface area contributed by atoms with E-state index in [1.54, 1.807) is 18.3 Å². The highest BCUT2D eigenvalue weighted by atomic mass is 35.5. The van der Waals surface area contributed by atoms with Crippen molar-refractivity contribution >= 4 is 35.0 Å². The average Bonchev–Trinajstić information content (AvgIpc) is 2.87. The Labute approximate surface area is 211 Å². The van der Waals surface area contributed by atoms with E-state index in [0.29, 0.717) is 23.2 Å². The summed E-state index contributed by atoms with van der Waals surface area (Å²) in [6.45, 7) is 2.02. The lowest BCUT2D eigenvalue weighted by Crippen LogP contribution is -2.40. The van der Waals surface area contributed by atoms with Crippen molar-refractivity contribution in [3.63, 3.8) is 0 Å². The van der Waals surface area contributed by atoms with E-state index in [4.69, 9.17) is 9.72 Å². The molecule has 2 heterocycles. The molecule has 0 bridgehead atoms. The SMILES string of the molecule is Cc1ccc(Oc2ncccc2C(=O)N[C@H]2CC[C@@H](Nc3ccc4ccccc4n3)CC2)cc1.Cl. The van der Waals surface area contributed by atoms with Crippen LogP contribution in [0.25, 0.3) is 10.9 Å². The summed E-state index contributed by atoms with van der Waals surface area (Å²) < 4.78 is 5.90. The van der Waals surface area contributed by atoms with Gasteiger partial charge in [-0.3, -0.25) is 4.79 Å². The van der Waals surface area contributed by atoms with E-state index in [0.717, 1.165) is 48.0 Å². The topological polar surface area (TPSA) is 76.1 Å². The van der Waals surface area contributed by atoms with Crippen molar-refractivity contribution in [2.24, 2.45) is 0 Å². The Balaban J connectivity index is 0.00000289. The van der Waals surface area contributed by atoms with E-state index in [1.165, 1.54) is 0 Å². The van der Waals surface area contributed by atoms with Gasteiger partial charge in [0.1, 0.15) is 17.1 Å². The van der Waals surface area contributed by atoms with Crippen molar-refractivity contribution in [2.45, 2.75) is 44.7 Å². The summed E-state index contributed by atoms with van der Waals surface area (Å²) in [6.07, 6.45) is 5.40. The maximum atomic E-state index is 13.0. The maximum absolute atomic E-state index is 13.0. The monoisotopic (exact) mass is 488 g/mol. The molecule has 2 N–H and O–H groups in total.